The highest BCUT2D eigenvalue weighted by atomic mass is 16.1. The number of rotatable bonds is 5. The van der Waals surface area contributed by atoms with Crippen LogP contribution in [0.1, 0.15) is 37.5 Å². The number of aryl methyl sites for hydroxylation is 1. The lowest BCUT2D eigenvalue weighted by Gasteiger charge is -2.32. The molecule has 26 heavy (non-hydrogen) atoms. The van der Waals surface area contributed by atoms with Gasteiger partial charge < -0.3 is 4.98 Å². The van der Waals surface area contributed by atoms with Gasteiger partial charge in [-0.3, -0.25) is 4.79 Å². The molecule has 2 aromatic carbocycles. The van der Waals surface area contributed by atoms with Gasteiger partial charge in [-0.1, -0.05) is 63.2 Å². The predicted octanol–water partition coefficient (Wildman–Crippen LogP) is 4.75. The Kier molecular flexibility index (Phi) is 4.95. The molecule has 1 heterocycles. The molecule has 3 aromatic rings. The standard InChI is InChI=1S/C23H24N2O/c1-4-18-12-19-10-11-20(13-21(19)25-22(18)26)23(15-24,16(2)3)14-17-8-6-5-7-9-17/h5-13,16H,4,14H2,1-3H3,(H,25,26). The summed E-state index contributed by atoms with van der Waals surface area (Å²) in [5.74, 6) is 0.131. The Labute approximate surface area is 154 Å². The molecule has 1 N–H and O–H groups in total. The summed E-state index contributed by atoms with van der Waals surface area (Å²) >= 11 is 0. The minimum Gasteiger partial charge on any atom is -0.322 e. The fourth-order valence-electron chi connectivity index (χ4n) is 3.58. The largest absolute Gasteiger partial charge is 0.322 e. The second-order valence-electron chi connectivity index (χ2n) is 7.18. The maximum atomic E-state index is 12.2. The van der Waals surface area contributed by atoms with E-state index in [2.05, 4.69) is 37.0 Å². The Balaban J connectivity index is 2.15. The molecule has 0 amide bonds. The Morgan fingerprint density at radius 3 is 2.46 bits per heavy atom. The number of hydrogen-bond donors (Lipinski definition) is 1. The zero-order valence-electron chi connectivity index (χ0n) is 15.5. The smallest absolute Gasteiger partial charge is 0.251 e. The third kappa shape index (κ3) is 3.15. The number of aromatic nitrogens is 1. The van der Waals surface area contributed by atoms with Gasteiger partial charge in [0, 0.05) is 11.1 Å². The molecular formula is C23H24N2O. The van der Waals surface area contributed by atoms with E-state index in [9.17, 15) is 10.1 Å². The summed E-state index contributed by atoms with van der Waals surface area (Å²) < 4.78 is 0. The van der Waals surface area contributed by atoms with Crippen molar-refractivity contribution in [1.82, 2.24) is 4.98 Å². The number of aromatic amines is 1. The van der Waals surface area contributed by atoms with E-state index in [0.717, 1.165) is 27.6 Å². The van der Waals surface area contributed by atoms with Gasteiger partial charge in [0.15, 0.2) is 0 Å². The summed E-state index contributed by atoms with van der Waals surface area (Å²) in [7, 11) is 0. The van der Waals surface area contributed by atoms with Crippen molar-refractivity contribution in [2.45, 2.75) is 39.0 Å². The number of hydrogen-bond acceptors (Lipinski definition) is 2. The molecule has 0 saturated carbocycles. The third-order valence-electron chi connectivity index (χ3n) is 5.33. The highest BCUT2D eigenvalue weighted by Crippen LogP contribution is 2.36. The van der Waals surface area contributed by atoms with Gasteiger partial charge in [-0.05, 0) is 47.4 Å². The van der Waals surface area contributed by atoms with Crippen LogP contribution >= 0.6 is 0 Å². The number of pyridine rings is 1. The van der Waals surface area contributed by atoms with Crippen molar-refractivity contribution in [1.29, 1.82) is 5.26 Å². The molecule has 3 nitrogen and oxygen atoms in total. The average molecular weight is 344 g/mol. The molecule has 0 aliphatic heterocycles. The highest BCUT2D eigenvalue weighted by Gasteiger charge is 2.36. The van der Waals surface area contributed by atoms with Crippen LogP contribution in [0.15, 0.2) is 59.4 Å². The van der Waals surface area contributed by atoms with Gasteiger partial charge in [-0.15, -0.1) is 0 Å². The van der Waals surface area contributed by atoms with Crippen LogP contribution in [-0.4, -0.2) is 4.98 Å². The Morgan fingerprint density at radius 2 is 1.85 bits per heavy atom. The first-order chi connectivity index (χ1) is 12.5. The Morgan fingerprint density at radius 1 is 1.12 bits per heavy atom. The molecule has 132 valence electrons. The van der Waals surface area contributed by atoms with Crippen molar-refractivity contribution >= 4 is 10.9 Å². The molecule has 0 fully saturated rings. The van der Waals surface area contributed by atoms with Crippen LogP contribution < -0.4 is 5.56 Å². The molecule has 0 aliphatic rings. The molecule has 0 radical (unpaired) electrons. The summed E-state index contributed by atoms with van der Waals surface area (Å²) in [4.78, 5) is 15.2. The lowest BCUT2D eigenvalue weighted by Crippen LogP contribution is -2.33. The topological polar surface area (TPSA) is 56.6 Å². The van der Waals surface area contributed by atoms with Gasteiger partial charge in [-0.2, -0.15) is 5.26 Å². The van der Waals surface area contributed by atoms with Crippen molar-refractivity contribution < 1.29 is 0 Å². The zero-order valence-corrected chi connectivity index (χ0v) is 15.5. The van der Waals surface area contributed by atoms with Crippen molar-refractivity contribution in [2.75, 3.05) is 0 Å². The lowest BCUT2D eigenvalue weighted by molar-refractivity contribution is 0.392. The third-order valence-corrected chi connectivity index (χ3v) is 5.33. The fraction of sp³-hybridized carbons (Fsp3) is 0.304. The van der Waals surface area contributed by atoms with Gasteiger partial charge in [-0.25, -0.2) is 0 Å². The molecule has 3 heteroatoms. The van der Waals surface area contributed by atoms with Gasteiger partial charge in [0.25, 0.3) is 5.56 Å². The van der Waals surface area contributed by atoms with Crippen LogP contribution in [0.5, 0.6) is 0 Å². The highest BCUT2D eigenvalue weighted by molar-refractivity contribution is 5.80. The first-order valence-electron chi connectivity index (χ1n) is 9.11. The minimum absolute atomic E-state index is 0.0488. The first-order valence-corrected chi connectivity index (χ1v) is 9.11. The van der Waals surface area contributed by atoms with E-state index >= 15 is 0 Å². The van der Waals surface area contributed by atoms with E-state index in [1.165, 1.54) is 0 Å². The monoisotopic (exact) mass is 344 g/mol. The van der Waals surface area contributed by atoms with Crippen LogP contribution in [0.4, 0.5) is 0 Å². The van der Waals surface area contributed by atoms with Crippen LogP contribution in [0.3, 0.4) is 0 Å². The normalized spacial score (nSPS) is 13.5. The maximum absolute atomic E-state index is 12.2. The summed E-state index contributed by atoms with van der Waals surface area (Å²) in [5.41, 5.74) is 2.97. The van der Waals surface area contributed by atoms with E-state index in [4.69, 9.17) is 0 Å². The maximum Gasteiger partial charge on any atom is 0.251 e. The van der Waals surface area contributed by atoms with Gasteiger partial charge in [0.2, 0.25) is 0 Å². The van der Waals surface area contributed by atoms with E-state index in [1.54, 1.807) is 0 Å². The molecular weight excluding hydrogens is 320 g/mol. The number of nitrogens with zero attached hydrogens (tertiary/aromatic N) is 1. The SMILES string of the molecule is CCc1cc2ccc(C(C#N)(Cc3ccccc3)C(C)C)cc2[nH]c1=O. The van der Waals surface area contributed by atoms with Crippen molar-refractivity contribution in [2.24, 2.45) is 5.92 Å². The van der Waals surface area contributed by atoms with Crippen molar-refractivity contribution in [3.63, 3.8) is 0 Å². The molecule has 0 spiro atoms. The number of fused-ring (bicyclic) bond motifs is 1. The predicted molar refractivity (Wildman–Crippen MR) is 106 cm³/mol. The van der Waals surface area contributed by atoms with Crippen LogP contribution in [0, 0.1) is 17.2 Å². The van der Waals surface area contributed by atoms with Crippen LogP contribution in [0.25, 0.3) is 10.9 Å². The number of nitrogens with one attached hydrogen (secondary N) is 1. The van der Waals surface area contributed by atoms with E-state index in [-0.39, 0.29) is 11.5 Å². The lowest BCUT2D eigenvalue weighted by atomic mass is 9.69. The van der Waals surface area contributed by atoms with Crippen LogP contribution in [-0.2, 0) is 18.3 Å². The second kappa shape index (κ2) is 7.17. The minimum atomic E-state index is -0.643. The van der Waals surface area contributed by atoms with E-state index < -0.39 is 5.41 Å². The molecule has 1 aromatic heterocycles. The molecule has 1 unspecified atom stereocenters. The fourth-order valence-corrected chi connectivity index (χ4v) is 3.58. The number of nitriles is 1. The van der Waals surface area contributed by atoms with Gasteiger partial charge in [0.05, 0.1) is 11.5 Å². The molecule has 0 aliphatic carbocycles. The zero-order chi connectivity index (χ0) is 18.7. The van der Waals surface area contributed by atoms with Crippen molar-refractivity contribution in [3.05, 3.63) is 81.6 Å². The van der Waals surface area contributed by atoms with E-state index in [1.807, 2.05) is 49.4 Å². The Bertz CT molecular complexity index is 1010. The number of benzene rings is 2. The first kappa shape index (κ1) is 17.9. The summed E-state index contributed by atoms with van der Waals surface area (Å²) in [6, 6.07) is 20.7. The summed E-state index contributed by atoms with van der Waals surface area (Å²) in [6.45, 7) is 6.14. The molecule has 3 rings (SSSR count). The summed E-state index contributed by atoms with van der Waals surface area (Å²) in [6.07, 6.45) is 1.35. The quantitative estimate of drug-likeness (QED) is 0.726. The van der Waals surface area contributed by atoms with Gasteiger partial charge in [0.1, 0.15) is 0 Å². The second-order valence-corrected chi connectivity index (χ2v) is 7.18. The summed E-state index contributed by atoms with van der Waals surface area (Å²) in [5, 5.41) is 11.1. The molecule has 0 saturated heterocycles. The number of H-pyrrole nitrogens is 1. The molecule has 0 bridgehead atoms. The van der Waals surface area contributed by atoms with Crippen molar-refractivity contribution in [3.8, 4) is 6.07 Å². The average Bonchev–Trinajstić information content (AvgIpc) is 2.65. The Hall–Kier alpha value is -2.86. The molecule has 1 atom stereocenters. The van der Waals surface area contributed by atoms with E-state index in [0.29, 0.717) is 12.8 Å². The van der Waals surface area contributed by atoms with Crippen LogP contribution in [0.2, 0.25) is 0 Å². The van der Waals surface area contributed by atoms with Gasteiger partial charge >= 0.3 is 0 Å².